The SMILES string of the molecule is Cc1c(Oc2ccc(F)c(-c3ncc(C(C)(C)c4cccc(CCC=O)c4F)[nH]3)c2)c(F)c(F)c2[nH]ccc12. The number of aryl methyl sites for hydroxylation is 2. The van der Waals surface area contributed by atoms with Crippen molar-refractivity contribution in [3.8, 4) is 22.9 Å². The molecule has 5 aromatic rings. The van der Waals surface area contributed by atoms with Gasteiger partial charge >= 0.3 is 0 Å². The van der Waals surface area contributed by atoms with Gasteiger partial charge in [0, 0.05) is 40.9 Å². The molecule has 0 aliphatic rings. The van der Waals surface area contributed by atoms with Crippen LogP contribution >= 0.6 is 0 Å². The first-order valence-electron chi connectivity index (χ1n) is 12.3. The number of halogens is 4. The summed E-state index contributed by atoms with van der Waals surface area (Å²) in [7, 11) is 0. The van der Waals surface area contributed by atoms with Gasteiger partial charge in [-0.05, 0) is 48.7 Å². The second kappa shape index (κ2) is 10.1. The number of H-pyrrole nitrogens is 2. The van der Waals surface area contributed by atoms with Crippen molar-refractivity contribution >= 4 is 17.2 Å². The molecule has 2 aromatic heterocycles. The summed E-state index contributed by atoms with van der Waals surface area (Å²) in [6, 6.07) is 10.4. The number of benzene rings is 3. The van der Waals surface area contributed by atoms with Crippen molar-refractivity contribution in [1.29, 1.82) is 0 Å². The summed E-state index contributed by atoms with van der Waals surface area (Å²) < 4.78 is 65.3. The Balaban J connectivity index is 1.49. The second-order valence-electron chi connectivity index (χ2n) is 9.85. The maximum absolute atomic E-state index is 15.3. The van der Waals surface area contributed by atoms with Gasteiger partial charge in [-0.25, -0.2) is 18.2 Å². The zero-order valence-electron chi connectivity index (χ0n) is 21.5. The van der Waals surface area contributed by atoms with E-state index in [4.69, 9.17) is 4.74 Å². The smallest absolute Gasteiger partial charge is 0.203 e. The summed E-state index contributed by atoms with van der Waals surface area (Å²) >= 11 is 0. The Bertz CT molecular complexity index is 1700. The number of hydrogen-bond donors (Lipinski definition) is 2. The van der Waals surface area contributed by atoms with Crippen LogP contribution in [0, 0.1) is 30.2 Å². The Morgan fingerprint density at radius 3 is 2.59 bits per heavy atom. The first-order valence-corrected chi connectivity index (χ1v) is 12.3. The van der Waals surface area contributed by atoms with Crippen molar-refractivity contribution in [2.75, 3.05) is 0 Å². The Kier molecular flexibility index (Phi) is 6.76. The molecule has 0 spiro atoms. The van der Waals surface area contributed by atoms with E-state index >= 15 is 4.39 Å². The van der Waals surface area contributed by atoms with Gasteiger partial charge in [-0.15, -0.1) is 0 Å². The molecule has 9 heteroatoms. The summed E-state index contributed by atoms with van der Waals surface area (Å²) in [5, 5.41) is 0.464. The zero-order valence-corrected chi connectivity index (χ0v) is 21.5. The lowest BCUT2D eigenvalue weighted by Gasteiger charge is -2.25. The van der Waals surface area contributed by atoms with Crippen LogP contribution in [0.5, 0.6) is 11.5 Å². The normalized spacial score (nSPS) is 11.8. The van der Waals surface area contributed by atoms with Gasteiger partial charge in [-0.1, -0.05) is 32.0 Å². The lowest BCUT2D eigenvalue weighted by Crippen LogP contribution is -2.22. The summed E-state index contributed by atoms with van der Waals surface area (Å²) in [6.07, 6.45) is 4.24. The number of fused-ring (bicyclic) bond motifs is 1. The molecule has 0 aliphatic heterocycles. The summed E-state index contributed by atoms with van der Waals surface area (Å²) in [5.41, 5.74) is 0.935. The number of ether oxygens (including phenoxy) is 1. The standard InChI is InChI=1S/C30H25F4N3O2/c1-16-19-11-12-35-27(19)25(33)26(34)28(16)39-18-9-10-22(31)20(14-18)29-36-15-23(37-29)30(2,3)21-8-4-6-17(24(21)32)7-5-13-38/h4,6,8-15,35H,5,7H2,1-3H3,(H,36,37). The fraction of sp³-hybridized carbons (Fsp3) is 0.200. The number of aldehydes is 1. The Hall–Kier alpha value is -4.40. The van der Waals surface area contributed by atoms with Gasteiger partial charge in [0.05, 0.1) is 11.1 Å². The summed E-state index contributed by atoms with van der Waals surface area (Å²) in [5.74, 6) is -3.33. The van der Waals surface area contributed by atoms with Crippen molar-refractivity contribution in [3.63, 3.8) is 0 Å². The Morgan fingerprint density at radius 2 is 1.82 bits per heavy atom. The van der Waals surface area contributed by atoms with Crippen molar-refractivity contribution in [3.05, 3.63) is 101 Å². The van der Waals surface area contributed by atoms with Crippen molar-refractivity contribution in [1.82, 2.24) is 15.0 Å². The van der Waals surface area contributed by atoms with E-state index < -0.39 is 28.7 Å². The molecule has 0 unspecified atom stereocenters. The van der Waals surface area contributed by atoms with Crippen molar-refractivity contribution in [2.45, 2.75) is 39.0 Å². The molecule has 0 amide bonds. The van der Waals surface area contributed by atoms with E-state index in [2.05, 4.69) is 15.0 Å². The molecule has 2 N–H and O–H groups in total. The third-order valence-corrected chi connectivity index (χ3v) is 7.05. The van der Waals surface area contributed by atoms with Crippen LogP contribution in [0.4, 0.5) is 17.6 Å². The minimum atomic E-state index is -1.16. The van der Waals surface area contributed by atoms with E-state index in [1.165, 1.54) is 24.5 Å². The third kappa shape index (κ3) is 4.58. The topological polar surface area (TPSA) is 70.8 Å². The average molecular weight is 536 g/mol. The quantitative estimate of drug-likeness (QED) is 0.158. The number of nitrogens with zero attached hydrogens (tertiary/aromatic N) is 1. The molecule has 3 aromatic carbocycles. The van der Waals surface area contributed by atoms with E-state index in [0.717, 1.165) is 12.4 Å². The van der Waals surface area contributed by atoms with E-state index in [1.54, 1.807) is 45.0 Å². The highest BCUT2D eigenvalue weighted by Crippen LogP contribution is 2.38. The molecule has 5 rings (SSSR count). The first kappa shape index (κ1) is 26.2. The predicted octanol–water partition coefficient (Wildman–Crippen LogP) is 7.67. The molecule has 5 nitrogen and oxygen atoms in total. The zero-order chi connectivity index (χ0) is 27.9. The largest absolute Gasteiger partial charge is 0.454 e. The van der Waals surface area contributed by atoms with Crippen molar-refractivity contribution < 1.29 is 27.1 Å². The molecule has 0 fully saturated rings. The van der Waals surface area contributed by atoms with Gasteiger partial charge in [0.1, 0.15) is 29.5 Å². The van der Waals surface area contributed by atoms with Crippen LogP contribution in [0.3, 0.4) is 0 Å². The van der Waals surface area contributed by atoms with Crippen LogP contribution < -0.4 is 4.74 Å². The molecule has 0 bridgehead atoms. The highest BCUT2D eigenvalue weighted by molar-refractivity contribution is 5.86. The summed E-state index contributed by atoms with van der Waals surface area (Å²) in [4.78, 5) is 20.8. The van der Waals surface area contributed by atoms with Crippen LogP contribution in [-0.4, -0.2) is 21.2 Å². The lowest BCUT2D eigenvalue weighted by molar-refractivity contribution is -0.107. The van der Waals surface area contributed by atoms with Gasteiger partial charge in [0.25, 0.3) is 0 Å². The van der Waals surface area contributed by atoms with E-state index in [-0.39, 0.29) is 41.2 Å². The van der Waals surface area contributed by atoms with Crippen molar-refractivity contribution in [2.24, 2.45) is 0 Å². The maximum atomic E-state index is 15.3. The molecule has 0 radical (unpaired) electrons. The fourth-order valence-corrected chi connectivity index (χ4v) is 4.74. The number of aromatic amines is 2. The number of carbonyl (C=O) groups is 1. The van der Waals surface area contributed by atoms with Gasteiger partial charge in [-0.2, -0.15) is 4.39 Å². The third-order valence-electron chi connectivity index (χ3n) is 7.05. The first-order chi connectivity index (χ1) is 18.6. The van der Waals surface area contributed by atoms with E-state index in [0.29, 0.717) is 27.8 Å². The monoisotopic (exact) mass is 535 g/mol. The van der Waals surface area contributed by atoms with Crippen LogP contribution in [-0.2, 0) is 16.6 Å². The number of hydrogen-bond acceptors (Lipinski definition) is 3. The number of imidazole rings is 1. The number of aromatic nitrogens is 3. The Labute approximate surface area is 221 Å². The number of carbonyl (C=O) groups excluding carboxylic acids is 1. The van der Waals surface area contributed by atoms with Gasteiger partial charge < -0.3 is 19.5 Å². The summed E-state index contributed by atoms with van der Waals surface area (Å²) in [6.45, 7) is 5.21. The fourth-order valence-electron chi connectivity index (χ4n) is 4.74. The average Bonchev–Trinajstić information content (AvgIpc) is 3.61. The molecule has 0 saturated heterocycles. The molecule has 39 heavy (non-hydrogen) atoms. The van der Waals surface area contributed by atoms with Gasteiger partial charge in [0.15, 0.2) is 11.6 Å². The van der Waals surface area contributed by atoms with Crippen LogP contribution in [0.1, 0.15) is 42.7 Å². The minimum Gasteiger partial charge on any atom is -0.454 e. The maximum Gasteiger partial charge on any atom is 0.203 e. The lowest BCUT2D eigenvalue weighted by atomic mass is 9.80. The molecule has 0 aliphatic carbocycles. The van der Waals surface area contributed by atoms with Crippen LogP contribution in [0.15, 0.2) is 54.9 Å². The Morgan fingerprint density at radius 1 is 1.03 bits per heavy atom. The molecule has 0 atom stereocenters. The predicted molar refractivity (Wildman–Crippen MR) is 140 cm³/mol. The molecular formula is C30H25F4N3O2. The second-order valence-corrected chi connectivity index (χ2v) is 9.85. The number of nitrogens with one attached hydrogen (secondary N) is 2. The molecule has 0 saturated carbocycles. The number of rotatable bonds is 8. The van der Waals surface area contributed by atoms with E-state index in [9.17, 15) is 18.0 Å². The molecule has 200 valence electrons. The molecule has 2 heterocycles. The van der Waals surface area contributed by atoms with Crippen LogP contribution in [0.25, 0.3) is 22.3 Å². The van der Waals surface area contributed by atoms with Gasteiger partial charge in [-0.3, -0.25) is 0 Å². The highest BCUT2D eigenvalue weighted by atomic mass is 19.2. The minimum absolute atomic E-state index is 0.0357. The van der Waals surface area contributed by atoms with E-state index in [1.807, 2.05) is 0 Å². The molecular weight excluding hydrogens is 510 g/mol. The van der Waals surface area contributed by atoms with Gasteiger partial charge in [0.2, 0.25) is 5.82 Å². The van der Waals surface area contributed by atoms with Crippen LogP contribution in [0.2, 0.25) is 0 Å². The highest BCUT2D eigenvalue weighted by Gasteiger charge is 2.30.